The Morgan fingerprint density at radius 2 is 2.21 bits per heavy atom. The number of thiophene rings is 1. The summed E-state index contributed by atoms with van der Waals surface area (Å²) >= 11 is 9.21. The fraction of sp³-hybridized carbons (Fsp3) is 0.200. The third kappa shape index (κ3) is 5.09. The van der Waals surface area contributed by atoms with E-state index < -0.39 is 0 Å². The van der Waals surface area contributed by atoms with Crippen molar-refractivity contribution in [1.29, 1.82) is 0 Å². The summed E-state index contributed by atoms with van der Waals surface area (Å²) in [6.45, 7) is 1.98. The molecule has 0 aliphatic rings. The zero-order valence-corrected chi connectivity index (χ0v) is 17.9. The highest BCUT2D eigenvalue weighted by atomic mass is 35.5. The molecule has 0 unspecified atom stereocenters. The summed E-state index contributed by atoms with van der Waals surface area (Å²) in [7, 11) is 0. The van der Waals surface area contributed by atoms with E-state index in [-0.39, 0.29) is 12.3 Å². The zero-order chi connectivity index (χ0) is 20.2. The third-order valence-electron chi connectivity index (χ3n) is 4.23. The molecule has 6 nitrogen and oxygen atoms in total. The van der Waals surface area contributed by atoms with Crippen LogP contribution in [0.5, 0.6) is 0 Å². The number of amides is 1. The van der Waals surface area contributed by atoms with Crippen LogP contribution in [0.4, 0.5) is 5.13 Å². The van der Waals surface area contributed by atoms with Crippen LogP contribution in [0.2, 0.25) is 5.02 Å². The molecule has 0 radical (unpaired) electrons. The lowest BCUT2D eigenvalue weighted by Crippen LogP contribution is -2.12. The largest absolute Gasteiger partial charge is 0.339 e. The van der Waals surface area contributed by atoms with Gasteiger partial charge in [-0.3, -0.25) is 4.79 Å². The molecule has 0 aliphatic heterocycles. The van der Waals surface area contributed by atoms with Crippen molar-refractivity contribution in [3.63, 3.8) is 0 Å². The van der Waals surface area contributed by atoms with Gasteiger partial charge in [-0.2, -0.15) is 16.3 Å². The van der Waals surface area contributed by atoms with Crippen molar-refractivity contribution in [3.05, 3.63) is 68.1 Å². The molecule has 148 valence electrons. The van der Waals surface area contributed by atoms with Crippen LogP contribution < -0.4 is 5.32 Å². The van der Waals surface area contributed by atoms with Gasteiger partial charge in [0, 0.05) is 46.3 Å². The van der Waals surface area contributed by atoms with Crippen molar-refractivity contribution in [2.24, 2.45) is 0 Å². The highest BCUT2D eigenvalue weighted by molar-refractivity contribution is 7.15. The van der Waals surface area contributed by atoms with E-state index in [1.54, 1.807) is 17.5 Å². The Kier molecular flexibility index (Phi) is 6.03. The monoisotopic (exact) mass is 444 g/mol. The first-order valence-corrected chi connectivity index (χ1v) is 11.1. The van der Waals surface area contributed by atoms with Gasteiger partial charge in [-0.05, 0) is 35.6 Å². The van der Waals surface area contributed by atoms with Gasteiger partial charge in [-0.1, -0.05) is 28.9 Å². The average Bonchev–Trinajstić information content (AvgIpc) is 3.44. The zero-order valence-electron chi connectivity index (χ0n) is 15.5. The van der Waals surface area contributed by atoms with Crippen molar-refractivity contribution in [2.75, 3.05) is 5.32 Å². The second kappa shape index (κ2) is 8.86. The minimum absolute atomic E-state index is 0.139. The van der Waals surface area contributed by atoms with Gasteiger partial charge < -0.3 is 9.84 Å². The quantitative estimate of drug-likeness (QED) is 0.414. The van der Waals surface area contributed by atoms with E-state index in [0.29, 0.717) is 23.3 Å². The summed E-state index contributed by atoms with van der Waals surface area (Å²) in [6.07, 6.45) is 3.12. The number of thiazole rings is 1. The molecule has 3 aromatic heterocycles. The van der Waals surface area contributed by atoms with E-state index in [9.17, 15) is 4.79 Å². The van der Waals surface area contributed by atoms with E-state index in [0.717, 1.165) is 33.0 Å². The first-order chi connectivity index (χ1) is 14.1. The molecule has 0 fully saturated rings. The van der Waals surface area contributed by atoms with Crippen molar-refractivity contribution in [2.45, 2.75) is 26.2 Å². The number of benzene rings is 1. The molecular weight excluding hydrogens is 428 g/mol. The minimum Gasteiger partial charge on any atom is -0.339 e. The number of rotatable bonds is 7. The molecule has 0 aliphatic carbocycles. The summed E-state index contributed by atoms with van der Waals surface area (Å²) in [5.74, 6) is 0.847. The maximum Gasteiger partial charge on any atom is 0.227 e. The highest BCUT2D eigenvalue weighted by Gasteiger charge is 2.12. The molecular formula is C20H17ClN4O2S2. The van der Waals surface area contributed by atoms with Gasteiger partial charge in [-0.15, -0.1) is 11.3 Å². The SMILES string of the molecule is Cc1ccc(Cc2cnc(NC(=O)CCc3nc(-c4ccsc4)no3)s2)cc1Cl. The number of halogens is 1. The fourth-order valence-electron chi connectivity index (χ4n) is 2.66. The topological polar surface area (TPSA) is 80.9 Å². The molecule has 0 saturated carbocycles. The van der Waals surface area contributed by atoms with Gasteiger partial charge in [-0.25, -0.2) is 4.98 Å². The molecule has 9 heteroatoms. The number of aryl methyl sites for hydroxylation is 2. The highest BCUT2D eigenvalue weighted by Crippen LogP contribution is 2.24. The molecule has 0 saturated heterocycles. The maximum atomic E-state index is 12.2. The van der Waals surface area contributed by atoms with Crippen LogP contribution in [-0.2, 0) is 17.6 Å². The molecule has 4 aromatic rings. The second-order valence-electron chi connectivity index (χ2n) is 6.46. The summed E-state index contributed by atoms with van der Waals surface area (Å²) in [6, 6.07) is 7.94. The van der Waals surface area contributed by atoms with Crippen molar-refractivity contribution in [1.82, 2.24) is 15.1 Å². The molecule has 0 spiro atoms. The molecule has 1 aromatic carbocycles. The van der Waals surface area contributed by atoms with Crippen LogP contribution in [-0.4, -0.2) is 21.0 Å². The Labute approximate surface area is 180 Å². The van der Waals surface area contributed by atoms with Gasteiger partial charge in [0.05, 0.1) is 0 Å². The van der Waals surface area contributed by atoms with Crippen LogP contribution in [0.1, 0.15) is 28.3 Å². The second-order valence-corrected chi connectivity index (χ2v) is 8.77. The first-order valence-electron chi connectivity index (χ1n) is 8.91. The van der Waals surface area contributed by atoms with Crippen LogP contribution in [0.15, 0.2) is 45.7 Å². The normalized spacial score (nSPS) is 11.0. The van der Waals surface area contributed by atoms with Gasteiger partial charge in [0.2, 0.25) is 17.6 Å². The number of anilines is 1. The van der Waals surface area contributed by atoms with Crippen molar-refractivity contribution >= 4 is 45.3 Å². The molecule has 4 rings (SSSR count). The number of aromatic nitrogens is 3. The lowest BCUT2D eigenvalue weighted by molar-refractivity contribution is -0.116. The van der Waals surface area contributed by atoms with Crippen molar-refractivity contribution in [3.8, 4) is 11.4 Å². The fourth-order valence-corrected chi connectivity index (χ4v) is 4.36. The summed E-state index contributed by atoms with van der Waals surface area (Å²) in [5, 5.41) is 12.0. The number of hydrogen-bond acceptors (Lipinski definition) is 7. The number of nitrogens with zero attached hydrogens (tertiary/aromatic N) is 3. The predicted octanol–water partition coefficient (Wildman–Crippen LogP) is 5.38. The Balaban J connectivity index is 1.29. The predicted molar refractivity (Wildman–Crippen MR) is 116 cm³/mol. The number of hydrogen-bond donors (Lipinski definition) is 1. The van der Waals surface area contributed by atoms with Crippen LogP contribution >= 0.6 is 34.3 Å². The van der Waals surface area contributed by atoms with E-state index >= 15 is 0 Å². The molecule has 1 N–H and O–H groups in total. The molecule has 1 amide bonds. The lowest BCUT2D eigenvalue weighted by Gasteiger charge is -2.02. The van der Waals surface area contributed by atoms with Gasteiger partial charge >= 0.3 is 0 Å². The average molecular weight is 445 g/mol. The Bertz CT molecular complexity index is 1120. The van der Waals surface area contributed by atoms with Gasteiger partial charge in [0.15, 0.2) is 5.13 Å². The third-order valence-corrected chi connectivity index (χ3v) is 6.23. The smallest absolute Gasteiger partial charge is 0.227 e. The van der Waals surface area contributed by atoms with Gasteiger partial charge in [0.1, 0.15) is 0 Å². The molecule has 29 heavy (non-hydrogen) atoms. The van der Waals surface area contributed by atoms with E-state index in [1.807, 2.05) is 41.9 Å². The lowest BCUT2D eigenvalue weighted by atomic mass is 10.1. The van der Waals surface area contributed by atoms with E-state index in [4.69, 9.17) is 16.1 Å². The minimum atomic E-state index is -0.139. The molecule has 0 atom stereocenters. The number of carbonyl (C=O) groups excluding carboxylic acids is 1. The Morgan fingerprint density at radius 3 is 3.00 bits per heavy atom. The maximum absolute atomic E-state index is 12.2. The van der Waals surface area contributed by atoms with Crippen LogP contribution in [0.3, 0.4) is 0 Å². The first kappa shape index (κ1) is 19.8. The van der Waals surface area contributed by atoms with Gasteiger partial charge in [0.25, 0.3) is 0 Å². The summed E-state index contributed by atoms with van der Waals surface area (Å²) < 4.78 is 5.22. The standard InChI is InChI=1S/C20H17ClN4O2S2/c1-12-2-3-13(9-16(12)21)8-15-10-22-20(29-15)23-17(26)4-5-18-24-19(25-27-18)14-6-7-28-11-14/h2-3,6-7,9-11H,4-5,8H2,1H3,(H,22,23,26). The number of carbonyl (C=O) groups is 1. The molecule has 3 heterocycles. The Hall–Kier alpha value is -2.55. The molecule has 0 bridgehead atoms. The summed E-state index contributed by atoms with van der Waals surface area (Å²) in [5.41, 5.74) is 3.08. The van der Waals surface area contributed by atoms with E-state index in [2.05, 4.69) is 20.4 Å². The number of nitrogens with one attached hydrogen (secondary N) is 1. The van der Waals surface area contributed by atoms with Crippen LogP contribution in [0, 0.1) is 6.92 Å². The van der Waals surface area contributed by atoms with Crippen molar-refractivity contribution < 1.29 is 9.32 Å². The summed E-state index contributed by atoms with van der Waals surface area (Å²) in [4.78, 5) is 21.9. The van der Waals surface area contributed by atoms with E-state index in [1.165, 1.54) is 11.3 Å². The Morgan fingerprint density at radius 1 is 1.31 bits per heavy atom. The van der Waals surface area contributed by atoms with Crippen LogP contribution in [0.25, 0.3) is 11.4 Å².